The molecule has 6 nitrogen and oxygen atoms in total. The highest BCUT2D eigenvalue weighted by atomic mass is 32.1. The molecule has 2 fully saturated rings. The van der Waals surface area contributed by atoms with Crippen molar-refractivity contribution >= 4 is 34.5 Å². The van der Waals surface area contributed by atoms with Crippen molar-refractivity contribution in [2.45, 2.75) is 38.3 Å². The van der Waals surface area contributed by atoms with Crippen molar-refractivity contribution in [3.8, 4) is 5.75 Å². The van der Waals surface area contributed by atoms with E-state index in [9.17, 15) is 9.59 Å². The van der Waals surface area contributed by atoms with Crippen molar-refractivity contribution in [2.75, 3.05) is 16.6 Å². The number of benzene rings is 2. The average Bonchev–Trinajstić information content (AvgIpc) is 3.55. The number of unbranched alkanes of at least 4 members (excludes halogenated alkanes) is 2. The van der Waals surface area contributed by atoms with Crippen LogP contribution in [0.4, 0.5) is 11.4 Å². The van der Waals surface area contributed by atoms with E-state index >= 15 is 0 Å². The van der Waals surface area contributed by atoms with Gasteiger partial charge in [0.25, 0.3) is 5.91 Å². The molecule has 0 bridgehead atoms. The zero-order chi connectivity index (χ0) is 22.8. The zero-order valence-corrected chi connectivity index (χ0v) is 19.2. The maximum atomic E-state index is 13.6. The van der Waals surface area contributed by atoms with Gasteiger partial charge in [-0.3, -0.25) is 14.4 Å². The van der Waals surface area contributed by atoms with Crippen LogP contribution in [0.25, 0.3) is 0 Å². The second kappa shape index (κ2) is 9.37. The number of carbonyl (C=O) groups is 2. The Balaban J connectivity index is 1.39. The van der Waals surface area contributed by atoms with E-state index in [0.29, 0.717) is 12.3 Å². The Morgan fingerprint density at radius 2 is 1.70 bits per heavy atom. The van der Waals surface area contributed by atoms with Crippen LogP contribution in [-0.2, 0) is 14.4 Å². The molecule has 0 saturated carbocycles. The summed E-state index contributed by atoms with van der Waals surface area (Å²) in [5, 5.41) is 3.70. The molecule has 0 N–H and O–H groups in total. The second-order valence-electron chi connectivity index (χ2n) is 8.23. The molecule has 3 aromatic rings. The standard InChI is InChI=1S/C26H26N2O4S/c1-2-3-7-16-31-20-14-12-18(13-15-20)27-25(29)22-23(21-11-8-17-33-21)28(32-24(22)26(27)30)19-9-5-4-6-10-19/h4-6,8-15,17,22-24H,2-3,7,16H2,1H3/t22-,23+,24-/m0/s1. The predicted octanol–water partition coefficient (Wildman–Crippen LogP) is 5.37. The third-order valence-corrected chi connectivity index (χ3v) is 7.02. The molecule has 3 atom stereocenters. The number of nitrogens with zero attached hydrogens (tertiary/aromatic N) is 2. The first-order chi connectivity index (χ1) is 16.2. The molecule has 2 saturated heterocycles. The topological polar surface area (TPSA) is 59.1 Å². The normalized spacial score (nSPS) is 22.2. The third-order valence-electron chi connectivity index (χ3n) is 6.07. The smallest absolute Gasteiger partial charge is 0.266 e. The van der Waals surface area contributed by atoms with Crippen LogP contribution in [0, 0.1) is 5.92 Å². The van der Waals surface area contributed by atoms with Crippen molar-refractivity contribution in [1.82, 2.24) is 0 Å². The number of hydrogen-bond donors (Lipinski definition) is 0. The summed E-state index contributed by atoms with van der Waals surface area (Å²) in [6, 6.07) is 20.3. The van der Waals surface area contributed by atoms with Gasteiger partial charge >= 0.3 is 0 Å². The molecule has 33 heavy (non-hydrogen) atoms. The van der Waals surface area contributed by atoms with Crippen LogP contribution in [0.1, 0.15) is 37.1 Å². The Morgan fingerprint density at radius 1 is 0.909 bits per heavy atom. The Labute approximate surface area is 197 Å². The van der Waals surface area contributed by atoms with E-state index in [1.165, 1.54) is 4.90 Å². The molecule has 0 spiro atoms. The molecule has 5 rings (SSSR count). The fraction of sp³-hybridized carbons (Fsp3) is 0.308. The van der Waals surface area contributed by atoms with Crippen LogP contribution in [0.3, 0.4) is 0 Å². The highest BCUT2D eigenvalue weighted by Crippen LogP contribution is 2.48. The first-order valence-electron chi connectivity index (χ1n) is 11.3. The molecule has 1 aromatic heterocycles. The minimum atomic E-state index is -0.852. The maximum Gasteiger partial charge on any atom is 0.266 e. The first-order valence-corrected chi connectivity index (χ1v) is 12.2. The first kappa shape index (κ1) is 21.7. The Morgan fingerprint density at radius 3 is 2.39 bits per heavy atom. The summed E-state index contributed by atoms with van der Waals surface area (Å²) in [4.78, 5) is 35.3. The van der Waals surface area contributed by atoms with E-state index in [1.54, 1.807) is 28.5 Å². The number of rotatable bonds is 8. The lowest BCUT2D eigenvalue weighted by Crippen LogP contribution is -2.37. The molecule has 170 valence electrons. The molecular formula is C26H26N2O4S. The van der Waals surface area contributed by atoms with Gasteiger partial charge < -0.3 is 4.74 Å². The number of hydroxylamine groups is 1. The van der Waals surface area contributed by atoms with Crippen LogP contribution >= 0.6 is 11.3 Å². The monoisotopic (exact) mass is 462 g/mol. The van der Waals surface area contributed by atoms with Gasteiger partial charge in [0.2, 0.25) is 5.91 Å². The lowest BCUT2D eigenvalue weighted by molar-refractivity contribution is -0.126. The molecule has 0 aliphatic carbocycles. The molecule has 2 amide bonds. The van der Waals surface area contributed by atoms with Crippen molar-refractivity contribution < 1.29 is 19.2 Å². The zero-order valence-electron chi connectivity index (χ0n) is 18.4. The quantitative estimate of drug-likeness (QED) is 0.333. The van der Waals surface area contributed by atoms with E-state index in [1.807, 2.05) is 60.0 Å². The van der Waals surface area contributed by atoms with E-state index in [2.05, 4.69) is 6.92 Å². The number of fused-ring (bicyclic) bond motifs is 1. The molecule has 0 radical (unpaired) electrons. The third kappa shape index (κ3) is 4.03. The van der Waals surface area contributed by atoms with Gasteiger partial charge in [-0.05, 0) is 54.3 Å². The van der Waals surface area contributed by atoms with Gasteiger partial charge in [0.05, 0.1) is 18.0 Å². The minimum Gasteiger partial charge on any atom is -0.494 e. The van der Waals surface area contributed by atoms with Gasteiger partial charge in [0.15, 0.2) is 6.10 Å². The van der Waals surface area contributed by atoms with E-state index < -0.39 is 12.0 Å². The fourth-order valence-electron chi connectivity index (χ4n) is 4.45. The minimum absolute atomic E-state index is 0.238. The predicted molar refractivity (Wildman–Crippen MR) is 128 cm³/mol. The summed E-state index contributed by atoms with van der Waals surface area (Å²) in [5.41, 5.74) is 1.36. The van der Waals surface area contributed by atoms with E-state index in [-0.39, 0.29) is 17.9 Å². The van der Waals surface area contributed by atoms with Crippen molar-refractivity contribution in [2.24, 2.45) is 5.92 Å². The SMILES string of the molecule is CCCCCOc1ccc(N2C(=O)[C@@H]3[C@H](ON(c4ccccc4)[C@@H]3c3cccs3)C2=O)cc1. The summed E-state index contributed by atoms with van der Waals surface area (Å²) >= 11 is 1.56. The van der Waals surface area contributed by atoms with Gasteiger partial charge in [0, 0.05) is 4.88 Å². The van der Waals surface area contributed by atoms with Crippen LogP contribution in [0.2, 0.25) is 0 Å². The van der Waals surface area contributed by atoms with Crippen LogP contribution < -0.4 is 14.7 Å². The number of imide groups is 1. The summed E-state index contributed by atoms with van der Waals surface area (Å²) in [5.74, 6) is -0.446. The molecule has 0 unspecified atom stereocenters. The highest BCUT2D eigenvalue weighted by Gasteiger charge is 2.60. The number of carbonyl (C=O) groups excluding carboxylic acids is 2. The number of thiophene rings is 1. The second-order valence-corrected chi connectivity index (χ2v) is 9.21. The number of hydrogen-bond acceptors (Lipinski definition) is 6. The van der Waals surface area contributed by atoms with Crippen LogP contribution in [0.5, 0.6) is 5.75 Å². The van der Waals surface area contributed by atoms with Crippen molar-refractivity contribution in [3.05, 3.63) is 77.0 Å². The number of anilines is 2. The molecule has 7 heteroatoms. The summed E-state index contributed by atoms with van der Waals surface area (Å²) in [6.07, 6.45) is 2.42. The van der Waals surface area contributed by atoms with Gasteiger partial charge in [-0.15, -0.1) is 11.3 Å². The Kier molecular flexibility index (Phi) is 6.15. The average molecular weight is 463 g/mol. The number of ether oxygens (including phenoxy) is 1. The summed E-state index contributed by atoms with van der Waals surface area (Å²) < 4.78 is 5.76. The lowest BCUT2D eigenvalue weighted by Gasteiger charge is -2.27. The van der Waals surface area contributed by atoms with E-state index in [4.69, 9.17) is 9.57 Å². The molecule has 2 aliphatic heterocycles. The molecular weight excluding hydrogens is 436 g/mol. The molecule has 3 heterocycles. The van der Waals surface area contributed by atoms with Gasteiger partial charge in [-0.2, -0.15) is 0 Å². The van der Waals surface area contributed by atoms with E-state index in [0.717, 1.165) is 35.6 Å². The van der Waals surface area contributed by atoms with Gasteiger partial charge in [-0.1, -0.05) is 44.0 Å². The van der Waals surface area contributed by atoms with Crippen molar-refractivity contribution in [3.63, 3.8) is 0 Å². The lowest BCUT2D eigenvalue weighted by atomic mass is 9.95. The number of para-hydroxylation sites is 1. The van der Waals surface area contributed by atoms with Gasteiger partial charge in [-0.25, -0.2) is 9.96 Å². The van der Waals surface area contributed by atoms with Gasteiger partial charge in [0.1, 0.15) is 17.7 Å². The number of amides is 2. The molecule has 2 aromatic carbocycles. The van der Waals surface area contributed by atoms with Crippen molar-refractivity contribution in [1.29, 1.82) is 0 Å². The summed E-state index contributed by atoms with van der Waals surface area (Å²) in [6.45, 7) is 2.81. The Bertz CT molecular complexity index is 1100. The van der Waals surface area contributed by atoms with Crippen LogP contribution in [-0.4, -0.2) is 24.5 Å². The summed E-state index contributed by atoms with van der Waals surface area (Å²) in [7, 11) is 0. The molecule has 2 aliphatic rings. The Hall–Kier alpha value is -3.16. The van der Waals surface area contributed by atoms with Crippen LogP contribution in [0.15, 0.2) is 72.1 Å². The highest BCUT2D eigenvalue weighted by molar-refractivity contribution is 7.10. The fourth-order valence-corrected chi connectivity index (χ4v) is 5.30. The maximum absolute atomic E-state index is 13.6. The largest absolute Gasteiger partial charge is 0.494 e.